The van der Waals surface area contributed by atoms with E-state index < -0.39 is 0 Å². The summed E-state index contributed by atoms with van der Waals surface area (Å²) in [6.45, 7) is 3.46. The van der Waals surface area contributed by atoms with Crippen LogP contribution in [0.3, 0.4) is 0 Å². The fraction of sp³-hybridized carbons (Fsp3) is 0.545. The van der Waals surface area contributed by atoms with Crippen LogP contribution < -0.4 is 5.56 Å². The first-order valence-electron chi connectivity index (χ1n) is 10.9. The Morgan fingerprint density at radius 3 is 2.67 bits per heavy atom. The minimum Gasteiger partial charge on any atom is -0.393 e. The summed E-state index contributed by atoms with van der Waals surface area (Å²) in [5.74, 6) is 0.732. The number of benzene rings is 1. The Morgan fingerprint density at radius 2 is 1.90 bits per heavy atom. The smallest absolute Gasteiger partial charge is 0.253 e. The normalized spacial score (nSPS) is 20.2. The number of nitrogens with zero attached hydrogens (tertiary/aromatic N) is 5. The fourth-order valence-corrected chi connectivity index (χ4v) is 4.98. The zero-order valence-corrected chi connectivity index (χ0v) is 17.3. The summed E-state index contributed by atoms with van der Waals surface area (Å²) in [6.07, 6.45) is 5.58. The Morgan fingerprint density at radius 1 is 1.13 bits per heavy atom. The molecule has 3 aromatic rings. The maximum atomic E-state index is 13.2. The number of aromatic nitrogens is 5. The van der Waals surface area contributed by atoms with Crippen molar-refractivity contribution in [1.82, 2.24) is 30.1 Å². The number of aryl methyl sites for hydroxylation is 1. The lowest BCUT2D eigenvalue weighted by molar-refractivity contribution is 0.0654. The van der Waals surface area contributed by atoms with Crippen molar-refractivity contribution in [2.75, 3.05) is 13.1 Å². The van der Waals surface area contributed by atoms with Gasteiger partial charge in [-0.25, -0.2) is 4.68 Å². The first-order valence-corrected chi connectivity index (χ1v) is 10.9. The van der Waals surface area contributed by atoms with Gasteiger partial charge in [0.2, 0.25) is 0 Å². The molecule has 158 valence electrons. The third-order valence-corrected chi connectivity index (χ3v) is 6.62. The van der Waals surface area contributed by atoms with E-state index in [2.05, 4.69) is 31.5 Å². The topological polar surface area (TPSA) is 99.9 Å². The summed E-state index contributed by atoms with van der Waals surface area (Å²) in [5, 5.41) is 23.8. The predicted molar refractivity (Wildman–Crippen MR) is 113 cm³/mol. The van der Waals surface area contributed by atoms with Crippen LogP contribution in [0.15, 0.2) is 29.1 Å². The van der Waals surface area contributed by atoms with Crippen molar-refractivity contribution >= 4 is 10.9 Å². The number of pyridine rings is 1. The van der Waals surface area contributed by atoms with E-state index in [1.807, 2.05) is 29.8 Å². The third kappa shape index (κ3) is 3.54. The first-order chi connectivity index (χ1) is 14.6. The van der Waals surface area contributed by atoms with Crippen molar-refractivity contribution in [3.8, 4) is 0 Å². The second kappa shape index (κ2) is 7.92. The standard InChI is InChI=1S/C22H28N6O2/c1-14-6-7-19-15(12-14)13-18(22(30)23-19)20(27-10-8-17(29)9-11-27)21-24-25-26-28(21)16-4-2-3-5-16/h6-7,12-13,16-17,20,29H,2-5,8-11H2,1H3,(H,23,30)/t20-/m1/s1. The summed E-state index contributed by atoms with van der Waals surface area (Å²) < 4.78 is 1.95. The van der Waals surface area contributed by atoms with Crippen LogP contribution in [0.2, 0.25) is 0 Å². The highest BCUT2D eigenvalue weighted by atomic mass is 16.3. The van der Waals surface area contributed by atoms with Crippen molar-refractivity contribution in [3.05, 3.63) is 51.6 Å². The number of aliphatic hydroxyl groups is 1. The number of nitrogens with one attached hydrogen (secondary N) is 1. The van der Waals surface area contributed by atoms with Gasteiger partial charge in [0.05, 0.1) is 12.1 Å². The van der Waals surface area contributed by atoms with Crippen molar-refractivity contribution in [2.45, 2.75) is 63.6 Å². The number of piperidine rings is 1. The van der Waals surface area contributed by atoms with Gasteiger partial charge in [0.15, 0.2) is 5.82 Å². The number of hydrogen-bond donors (Lipinski definition) is 2. The number of aromatic amines is 1. The van der Waals surface area contributed by atoms with Crippen molar-refractivity contribution < 1.29 is 5.11 Å². The van der Waals surface area contributed by atoms with Crippen LogP contribution in [-0.4, -0.2) is 54.4 Å². The summed E-state index contributed by atoms with van der Waals surface area (Å²) in [5.41, 5.74) is 2.54. The van der Waals surface area contributed by atoms with Gasteiger partial charge in [-0.15, -0.1) is 5.10 Å². The monoisotopic (exact) mass is 408 g/mol. The molecule has 1 aliphatic carbocycles. The number of tetrazole rings is 1. The molecule has 1 saturated heterocycles. The number of likely N-dealkylation sites (tertiary alicyclic amines) is 1. The van der Waals surface area contributed by atoms with Crippen LogP contribution in [0.5, 0.6) is 0 Å². The second-order valence-corrected chi connectivity index (χ2v) is 8.73. The highest BCUT2D eigenvalue weighted by molar-refractivity contribution is 5.79. The Bertz CT molecular complexity index is 1090. The van der Waals surface area contributed by atoms with E-state index in [0.717, 1.165) is 35.1 Å². The minimum absolute atomic E-state index is 0.108. The van der Waals surface area contributed by atoms with Crippen LogP contribution >= 0.6 is 0 Å². The third-order valence-electron chi connectivity index (χ3n) is 6.62. The number of aliphatic hydroxyl groups excluding tert-OH is 1. The van der Waals surface area contributed by atoms with Gasteiger partial charge in [-0.2, -0.15) is 0 Å². The molecule has 1 aromatic carbocycles. The highest BCUT2D eigenvalue weighted by Crippen LogP contribution is 2.34. The van der Waals surface area contributed by atoms with Gasteiger partial charge in [-0.3, -0.25) is 9.69 Å². The minimum atomic E-state index is -0.332. The molecule has 2 N–H and O–H groups in total. The van der Waals surface area contributed by atoms with Crippen LogP contribution in [0.4, 0.5) is 0 Å². The molecule has 0 amide bonds. The molecule has 0 bridgehead atoms. The molecular weight excluding hydrogens is 380 g/mol. The lowest BCUT2D eigenvalue weighted by Crippen LogP contribution is -2.42. The van der Waals surface area contributed by atoms with Crippen LogP contribution in [0.1, 0.15) is 67.6 Å². The Balaban J connectivity index is 1.64. The lowest BCUT2D eigenvalue weighted by atomic mass is 9.99. The van der Waals surface area contributed by atoms with Gasteiger partial charge in [0, 0.05) is 24.2 Å². The first kappa shape index (κ1) is 19.4. The molecule has 8 nitrogen and oxygen atoms in total. The summed E-state index contributed by atoms with van der Waals surface area (Å²) >= 11 is 0. The number of hydrogen-bond acceptors (Lipinski definition) is 6. The summed E-state index contributed by atoms with van der Waals surface area (Å²) in [7, 11) is 0. The molecule has 0 unspecified atom stereocenters. The Kier molecular flexibility index (Phi) is 5.12. The molecular formula is C22H28N6O2. The van der Waals surface area contributed by atoms with E-state index >= 15 is 0 Å². The van der Waals surface area contributed by atoms with Gasteiger partial charge >= 0.3 is 0 Å². The van der Waals surface area contributed by atoms with Gasteiger partial charge in [0.1, 0.15) is 6.04 Å². The molecule has 2 aliphatic rings. The molecule has 2 aromatic heterocycles. The van der Waals surface area contributed by atoms with Crippen molar-refractivity contribution in [3.63, 3.8) is 0 Å². The maximum absolute atomic E-state index is 13.2. The van der Waals surface area contributed by atoms with Crippen molar-refractivity contribution in [2.24, 2.45) is 0 Å². The van der Waals surface area contributed by atoms with Gasteiger partial charge in [-0.1, -0.05) is 24.5 Å². The van der Waals surface area contributed by atoms with Gasteiger partial charge < -0.3 is 10.1 Å². The zero-order valence-electron chi connectivity index (χ0n) is 17.3. The second-order valence-electron chi connectivity index (χ2n) is 8.73. The van der Waals surface area contributed by atoms with E-state index in [9.17, 15) is 9.90 Å². The van der Waals surface area contributed by atoms with Crippen LogP contribution in [0.25, 0.3) is 10.9 Å². The average molecular weight is 409 g/mol. The molecule has 30 heavy (non-hydrogen) atoms. The zero-order chi connectivity index (χ0) is 20.7. The molecule has 0 spiro atoms. The van der Waals surface area contributed by atoms with Crippen LogP contribution in [0, 0.1) is 6.92 Å². The lowest BCUT2D eigenvalue weighted by Gasteiger charge is -2.35. The summed E-state index contributed by atoms with van der Waals surface area (Å²) in [6, 6.07) is 7.99. The number of H-pyrrole nitrogens is 1. The summed E-state index contributed by atoms with van der Waals surface area (Å²) in [4.78, 5) is 18.5. The fourth-order valence-electron chi connectivity index (χ4n) is 4.98. The largest absolute Gasteiger partial charge is 0.393 e. The van der Waals surface area contributed by atoms with Gasteiger partial charge in [0.25, 0.3) is 5.56 Å². The molecule has 8 heteroatoms. The molecule has 3 heterocycles. The highest BCUT2D eigenvalue weighted by Gasteiger charge is 2.34. The molecule has 2 fully saturated rings. The Hall–Kier alpha value is -2.58. The SMILES string of the molecule is Cc1ccc2[nH]c(=O)c([C@H](c3nnnn3C3CCCC3)N3CCC(O)CC3)cc2c1. The molecule has 0 radical (unpaired) electrons. The molecule has 1 aliphatic heterocycles. The van der Waals surface area contributed by atoms with E-state index in [-0.39, 0.29) is 23.7 Å². The van der Waals surface area contributed by atoms with E-state index in [1.165, 1.54) is 12.8 Å². The van der Waals surface area contributed by atoms with E-state index in [1.54, 1.807) is 0 Å². The quantitative estimate of drug-likeness (QED) is 0.688. The molecule has 5 rings (SSSR count). The maximum Gasteiger partial charge on any atom is 0.253 e. The number of fused-ring (bicyclic) bond motifs is 1. The van der Waals surface area contributed by atoms with E-state index in [4.69, 9.17) is 0 Å². The number of rotatable bonds is 4. The Labute approximate surface area is 174 Å². The van der Waals surface area contributed by atoms with Crippen LogP contribution in [-0.2, 0) is 0 Å². The molecule has 1 saturated carbocycles. The predicted octanol–water partition coefficient (Wildman–Crippen LogP) is 2.48. The van der Waals surface area contributed by atoms with Gasteiger partial charge in [-0.05, 0) is 66.6 Å². The molecule has 1 atom stereocenters. The van der Waals surface area contributed by atoms with Crippen molar-refractivity contribution in [1.29, 1.82) is 0 Å². The van der Waals surface area contributed by atoms with E-state index in [0.29, 0.717) is 31.5 Å². The average Bonchev–Trinajstić information content (AvgIpc) is 3.42.